The van der Waals surface area contributed by atoms with E-state index in [-0.39, 0.29) is 0 Å². The van der Waals surface area contributed by atoms with Crippen molar-refractivity contribution in [1.29, 1.82) is 0 Å². The van der Waals surface area contributed by atoms with E-state index in [2.05, 4.69) is 32.0 Å². The molecule has 1 aliphatic carbocycles. The van der Waals surface area contributed by atoms with Gasteiger partial charge in [-0.15, -0.1) is 0 Å². The largest absolute Gasteiger partial charge is 0.330 e. The van der Waals surface area contributed by atoms with Gasteiger partial charge in [0.15, 0.2) is 0 Å². The molecular weight excluding hydrogens is 206 g/mol. The normalized spacial score (nSPS) is 18.5. The van der Waals surface area contributed by atoms with Crippen molar-refractivity contribution in [2.24, 2.45) is 11.7 Å². The zero-order chi connectivity index (χ0) is 12.3. The standard InChI is InChI=1S/C16H25N/c1-12-7-8-15(11-13(12)2)16(9-10-17)14-5-3-4-6-14/h7-8,11,14,16H,3-6,9-10,17H2,1-2H3. The fraction of sp³-hybridized carbons (Fsp3) is 0.625. The van der Waals surface area contributed by atoms with Gasteiger partial charge >= 0.3 is 0 Å². The van der Waals surface area contributed by atoms with Crippen LogP contribution in [0.25, 0.3) is 0 Å². The molecule has 1 aliphatic rings. The second kappa shape index (κ2) is 5.68. The highest BCUT2D eigenvalue weighted by Crippen LogP contribution is 2.39. The van der Waals surface area contributed by atoms with Gasteiger partial charge in [0.1, 0.15) is 0 Å². The second-order valence-electron chi connectivity index (χ2n) is 5.57. The Balaban J connectivity index is 2.21. The average Bonchev–Trinajstić information content (AvgIpc) is 2.83. The van der Waals surface area contributed by atoms with Crippen LogP contribution in [0.4, 0.5) is 0 Å². The zero-order valence-electron chi connectivity index (χ0n) is 11.2. The Labute approximate surface area is 105 Å². The minimum Gasteiger partial charge on any atom is -0.330 e. The molecule has 0 amide bonds. The van der Waals surface area contributed by atoms with Crippen LogP contribution in [-0.2, 0) is 0 Å². The number of aryl methyl sites for hydroxylation is 2. The fourth-order valence-electron chi connectivity index (χ4n) is 3.21. The predicted octanol–water partition coefficient (Wildman–Crippen LogP) is 3.93. The van der Waals surface area contributed by atoms with Crippen molar-refractivity contribution < 1.29 is 0 Å². The lowest BCUT2D eigenvalue weighted by Gasteiger charge is -2.24. The van der Waals surface area contributed by atoms with Crippen LogP contribution in [0, 0.1) is 19.8 Å². The van der Waals surface area contributed by atoms with E-state index in [1.54, 1.807) is 0 Å². The number of rotatable bonds is 4. The molecule has 0 radical (unpaired) electrons. The van der Waals surface area contributed by atoms with Gasteiger partial charge in [0, 0.05) is 0 Å². The van der Waals surface area contributed by atoms with Gasteiger partial charge in [-0.25, -0.2) is 0 Å². The van der Waals surface area contributed by atoms with Gasteiger partial charge in [0.2, 0.25) is 0 Å². The molecule has 1 unspecified atom stereocenters. The number of hydrogen-bond acceptors (Lipinski definition) is 1. The van der Waals surface area contributed by atoms with E-state index in [1.165, 1.54) is 42.4 Å². The molecule has 94 valence electrons. The van der Waals surface area contributed by atoms with Gasteiger partial charge < -0.3 is 5.73 Å². The molecule has 0 bridgehead atoms. The van der Waals surface area contributed by atoms with E-state index in [1.807, 2.05) is 0 Å². The maximum atomic E-state index is 5.80. The maximum absolute atomic E-state index is 5.80. The first-order valence-corrected chi connectivity index (χ1v) is 6.99. The molecule has 0 heterocycles. The summed E-state index contributed by atoms with van der Waals surface area (Å²) in [6.07, 6.45) is 6.77. The summed E-state index contributed by atoms with van der Waals surface area (Å²) in [5, 5.41) is 0. The van der Waals surface area contributed by atoms with E-state index in [0.29, 0.717) is 5.92 Å². The molecule has 1 atom stereocenters. The molecule has 1 nitrogen and oxygen atoms in total. The van der Waals surface area contributed by atoms with Crippen LogP contribution in [-0.4, -0.2) is 6.54 Å². The smallest absolute Gasteiger partial charge is 0.00713 e. The Kier molecular flexibility index (Phi) is 4.22. The highest BCUT2D eigenvalue weighted by molar-refractivity contribution is 5.32. The van der Waals surface area contributed by atoms with E-state index in [4.69, 9.17) is 5.73 Å². The van der Waals surface area contributed by atoms with Crippen molar-refractivity contribution >= 4 is 0 Å². The Bertz CT molecular complexity index is 364. The van der Waals surface area contributed by atoms with E-state index in [9.17, 15) is 0 Å². The van der Waals surface area contributed by atoms with Gasteiger partial charge in [-0.3, -0.25) is 0 Å². The topological polar surface area (TPSA) is 26.0 Å². The minimum absolute atomic E-state index is 0.696. The summed E-state index contributed by atoms with van der Waals surface area (Å²) >= 11 is 0. The fourth-order valence-corrected chi connectivity index (χ4v) is 3.21. The lowest BCUT2D eigenvalue weighted by Crippen LogP contribution is -2.15. The number of nitrogens with two attached hydrogens (primary N) is 1. The van der Waals surface area contributed by atoms with Crippen molar-refractivity contribution in [3.63, 3.8) is 0 Å². The van der Waals surface area contributed by atoms with Gasteiger partial charge in [0.25, 0.3) is 0 Å². The summed E-state index contributed by atoms with van der Waals surface area (Å²) in [7, 11) is 0. The molecule has 0 aliphatic heterocycles. The van der Waals surface area contributed by atoms with Crippen molar-refractivity contribution in [2.75, 3.05) is 6.54 Å². The Morgan fingerprint density at radius 3 is 2.47 bits per heavy atom. The third-order valence-electron chi connectivity index (χ3n) is 4.41. The van der Waals surface area contributed by atoms with Crippen LogP contribution >= 0.6 is 0 Å². The molecule has 0 saturated heterocycles. The second-order valence-corrected chi connectivity index (χ2v) is 5.57. The quantitative estimate of drug-likeness (QED) is 0.835. The van der Waals surface area contributed by atoms with Gasteiger partial charge in [-0.2, -0.15) is 0 Å². The SMILES string of the molecule is Cc1ccc(C(CCN)C2CCCC2)cc1C. The van der Waals surface area contributed by atoms with Crippen LogP contribution in [0.2, 0.25) is 0 Å². The lowest BCUT2D eigenvalue weighted by atomic mass is 9.81. The first kappa shape index (κ1) is 12.6. The summed E-state index contributed by atoms with van der Waals surface area (Å²) in [4.78, 5) is 0. The van der Waals surface area contributed by atoms with Crippen molar-refractivity contribution in [2.45, 2.75) is 51.9 Å². The summed E-state index contributed by atoms with van der Waals surface area (Å²) in [6, 6.07) is 6.97. The molecule has 2 N–H and O–H groups in total. The van der Waals surface area contributed by atoms with Gasteiger partial charge in [-0.1, -0.05) is 31.0 Å². The first-order valence-electron chi connectivity index (χ1n) is 6.99. The molecule has 1 saturated carbocycles. The highest BCUT2D eigenvalue weighted by Gasteiger charge is 2.25. The van der Waals surface area contributed by atoms with Gasteiger partial charge in [0.05, 0.1) is 0 Å². The van der Waals surface area contributed by atoms with Crippen LogP contribution in [0.3, 0.4) is 0 Å². The van der Waals surface area contributed by atoms with E-state index in [0.717, 1.165) is 18.9 Å². The van der Waals surface area contributed by atoms with Crippen LogP contribution < -0.4 is 5.73 Å². The number of benzene rings is 1. The molecular formula is C16H25N. The molecule has 1 aromatic rings. The maximum Gasteiger partial charge on any atom is -0.00713 e. The Hall–Kier alpha value is -0.820. The molecule has 0 spiro atoms. The van der Waals surface area contributed by atoms with Crippen LogP contribution in [0.15, 0.2) is 18.2 Å². The summed E-state index contributed by atoms with van der Waals surface area (Å²) in [5.41, 5.74) is 10.1. The molecule has 0 aromatic heterocycles. The average molecular weight is 231 g/mol. The molecule has 1 aromatic carbocycles. The van der Waals surface area contributed by atoms with E-state index < -0.39 is 0 Å². The van der Waals surface area contributed by atoms with Gasteiger partial charge in [-0.05, 0) is 68.2 Å². The molecule has 17 heavy (non-hydrogen) atoms. The molecule has 2 rings (SSSR count). The third-order valence-corrected chi connectivity index (χ3v) is 4.41. The predicted molar refractivity (Wildman–Crippen MR) is 74.3 cm³/mol. The van der Waals surface area contributed by atoms with Crippen molar-refractivity contribution in [3.8, 4) is 0 Å². The van der Waals surface area contributed by atoms with Crippen LogP contribution in [0.1, 0.15) is 54.7 Å². The first-order chi connectivity index (χ1) is 8.22. The van der Waals surface area contributed by atoms with E-state index >= 15 is 0 Å². The van der Waals surface area contributed by atoms with Crippen molar-refractivity contribution in [1.82, 2.24) is 0 Å². The van der Waals surface area contributed by atoms with Crippen LogP contribution in [0.5, 0.6) is 0 Å². The number of hydrogen-bond donors (Lipinski definition) is 1. The Morgan fingerprint density at radius 2 is 1.88 bits per heavy atom. The monoisotopic (exact) mass is 231 g/mol. The lowest BCUT2D eigenvalue weighted by molar-refractivity contribution is 0.415. The van der Waals surface area contributed by atoms with Crippen molar-refractivity contribution in [3.05, 3.63) is 34.9 Å². The summed E-state index contributed by atoms with van der Waals surface area (Å²) < 4.78 is 0. The molecule has 1 heteroatoms. The summed E-state index contributed by atoms with van der Waals surface area (Å²) in [6.45, 7) is 5.22. The summed E-state index contributed by atoms with van der Waals surface area (Å²) in [5.74, 6) is 1.57. The third kappa shape index (κ3) is 2.90. The minimum atomic E-state index is 0.696. The molecule has 1 fully saturated rings. The highest BCUT2D eigenvalue weighted by atomic mass is 14.5. The zero-order valence-corrected chi connectivity index (χ0v) is 11.2. The Morgan fingerprint density at radius 1 is 1.18 bits per heavy atom.